The molecular formula is C15H24N6O8P2. The van der Waals surface area contributed by atoms with Gasteiger partial charge in [0.1, 0.15) is 6.23 Å². The van der Waals surface area contributed by atoms with Crippen LogP contribution in [0.4, 0.5) is 11.8 Å². The minimum absolute atomic E-state index is 0.0485. The van der Waals surface area contributed by atoms with E-state index in [1.807, 2.05) is 18.9 Å². The highest BCUT2D eigenvalue weighted by molar-refractivity contribution is 7.60. The van der Waals surface area contributed by atoms with E-state index in [0.717, 1.165) is 12.8 Å². The molecule has 2 aromatic heterocycles. The number of nitrogens with two attached hydrogens (primary N) is 1. The Morgan fingerprint density at radius 1 is 1.32 bits per heavy atom. The number of phosphoric ester groups is 1. The minimum Gasteiger partial charge on any atom is -0.368 e. The first-order valence-electron chi connectivity index (χ1n) is 9.56. The maximum absolute atomic E-state index is 11.7. The second kappa shape index (κ2) is 8.05. The third-order valence-corrected chi connectivity index (χ3v) is 7.36. The molecule has 2 fully saturated rings. The lowest BCUT2D eigenvalue weighted by Crippen LogP contribution is -2.22. The van der Waals surface area contributed by atoms with Gasteiger partial charge in [-0.05, 0) is 19.3 Å². The van der Waals surface area contributed by atoms with Gasteiger partial charge in [-0.3, -0.25) is 9.09 Å². The second-order valence-electron chi connectivity index (χ2n) is 7.77. The van der Waals surface area contributed by atoms with Crippen LogP contribution in [0.1, 0.15) is 32.4 Å². The van der Waals surface area contributed by atoms with Gasteiger partial charge in [0.2, 0.25) is 5.95 Å². The van der Waals surface area contributed by atoms with Crippen molar-refractivity contribution < 1.29 is 37.4 Å². The van der Waals surface area contributed by atoms with Crippen molar-refractivity contribution in [1.29, 1.82) is 0 Å². The standard InChI is InChI=1S/C15H24N6O8P2/c1-8-5-10(6-27-31(25,26)29-30(22,23)24)28-14(8)21-7-17-11-12(20(2)9-3-4-9)18-15(16)19-13(11)21/h7-10,14H,3-6H2,1-2H3,(H,25,26)(H2,16,18,19)(H2,22,23,24)/t8-,10-,14+/m0/s1. The number of rotatable bonds is 8. The highest BCUT2D eigenvalue weighted by atomic mass is 31.3. The number of ether oxygens (including phenoxy) is 1. The first-order valence-corrected chi connectivity index (χ1v) is 12.6. The Balaban J connectivity index is 1.51. The van der Waals surface area contributed by atoms with E-state index < -0.39 is 34.6 Å². The monoisotopic (exact) mass is 478 g/mol. The van der Waals surface area contributed by atoms with E-state index in [-0.39, 0.29) is 11.9 Å². The number of phosphoric acid groups is 2. The topological polar surface area (TPSA) is 195 Å². The van der Waals surface area contributed by atoms with Crippen molar-refractivity contribution in [2.45, 2.75) is 44.6 Å². The Morgan fingerprint density at radius 3 is 2.68 bits per heavy atom. The fourth-order valence-corrected chi connectivity index (χ4v) is 5.30. The molecule has 1 aliphatic heterocycles. The number of nitrogens with zero attached hydrogens (tertiary/aromatic N) is 5. The van der Waals surface area contributed by atoms with Gasteiger partial charge in [-0.2, -0.15) is 14.3 Å². The van der Waals surface area contributed by atoms with Crippen LogP contribution in [-0.4, -0.2) is 60.0 Å². The molecule has 1 aliphatic carbocycles. The summed E-state index contributed by atoms with van der Waals surface area (Å²) in [5.74, 6) is 0.704. The summed E-state index contributed by atoms with van der Waals surface area (Å²) in [7, 11) is -8.18. The average molecular weight is 478 g/mol. The molecular weight excluding hydrogens is 454 g/mol. The van der Waals surface area contributed by atoms with Crippen molar-refractivity contribution in [1.82, 2.24) is 19.5 Å². The van der Waals surface area contributed by atoms with E-state index in [9.17, 15) is 14.0 Å². The van der Waals surface area contributed by atoms with E-state index in [0.29, 0.717) is 29.4 Å². The first-order chi connectivity index (χ1) is 14.4. The van der Waals surface area contributed by atoms with Crippen molar-refractivity contribution in [2.75, 3.05) is 24.3 Å². The minimum atomic E-state index is -5.18. The molecule has 0 amide bonds. The molecule has 1 unspecified atom stereocenters. The van der Waals surface area contributed by atoms with Crippen LogP contribution in [0.5, 0.6) is 0 Å². The molecule has 1 saturated carbocycles. The summed E-state index contributed by atoms with van der Waals surface area (Å²) in [5.41, 5.74) is 7.03. The van der Waals surface area contributed by atoms with Crippen LogP contribution in [0.3, 0.4) is 0 Å². The molecule has 3 heterocycles. The highest BCUT2D eigenvalue weighted by Crippen LogP contribution is 2.57. The summed E-state index contributed by atoms with van der Waals surface area (Å²) in [6, 6.07) is 0.398. The van der Waals surface area contributed by atoms with Gasteiger partial charge in [0.05, 0.1) is 19.0 Å². The van der Waals surface area contributed by atoms with Crippen LogP contribution >= 0.6 is 15.6 Å². The van der Waals surface area contributed by atoms with Crippen LogP contribution in [0.2, 0.25) is 0 Å². The summed E-state index contributed by atoms with van der Waals surface area (Å²) < 4.78 is 38.6. The van der Waals surface area contributed by atoms with Crippen LogP contribution in [-0.2, 0) is 22.7 Å². The number of hydrogen-bond acceptors (Lipinski definition) is 10. The Hall–Kier alpha value is -1.63. The summed E-state index contributed by atoms with van der Waals surface area (Å²) in [4.78, 5) is 42.0. The zero-order valence-corrected chi connectivity index (χ0v) is 18.6. The van der Waals surface area contributed by atoms with Crippen molar-refractivity contribution in [3.63, 3.8) is 0 Å². The molecule has 0 bridgehead atoms. The molecule has 2 aromatic rings. The van der Waals surface area contributed by atoms with Gasteiger partial charge in [0, 0.05) is 19.0 Å². The first kappa shape index (κ1) is 22.6. The molecule has 0 aromatic carbocycles. The molecule has 31 heavy (non-hydrogen) atoms. The molecule has 0 spiro atoms. The van der Waals surface area contributed by atoms with Crippen molar-refractivity contribution in [2.24, 2.45) is 5.92 Å². The second-order valence-corrected chi connectivity index (χ2v) is 10.6. The van der Waals surface area contributed by atoms with Crippen molar-refractivity contribution in [3.05, 3.63) is 6.33 Å². The van der Waals surface area contributed by atoms with Gasteiger partial charge in [-0.15, -0.1) is 0 Å². The van der Waals surface area contributed by atoms with Gasteiger partial charge in [0.15, 0.2) is 17.0 Å². The molecule has 14 nitrogen and oxygen atoms in total. The zero-order valence-electron chi connectivity index (χ0n) is 16.8. The molecule has 16 heteroatoms. The van der Waals surface area contributed by atoms with Crippen LogP contribution < -0.4 is 10.6 Å². The summed E-state index contributed by atoms with van der Waals surface area (Å²) >= 11 is 0. The molecule has 0 radical (unpaired) electrons. The number of anilines is 2. The van der Waals surface area contributed by atoms with Crippen LogP contribution in [0, 0.1) is 5.92 Å². The highest BCUT2D eigenvalue weighted by Gasteiger charge is 2.39. The van der Waals surface area contributed by atoms with Crippen molar-refractivity contribution in [3.8, 4) is 0 Å². The largest absolute Gasteiger partial charge is 0.481 e. The predicted octanol–water partition coefficient (Wildman–Crippen LogP) is 1.16. The smallest absolute Gasteiger partial charge is 0.368 e. The van der Waals surface area contributed by atoms with E-state index in [4.69, 9.17) is 20.3 Å². The third-order valence-electron chi connectivity index (χ3n) is 5.21. The maximum Gasteiger partial charge on any atom is 0.481 e. The Bertz CT molecular complexity index is 1070. The SMILES string of the molecule is C[C@H]1C[C@@H](COP(=O)(O)OP(=O)(O)O)O[C@H]1n1cnc2c(N(C)C3CC3)nc(N)nc21. The molecule has 2 aliphatic rings. The Morgan fingerprint density at radius 2 is 2.03 bits per heavy atom. The van der Waals surface area contributed by atoms with E-state index in [1.54, 1.807) is 10.9 Å². The average Bonchev–Trinajstić information content (AvgIpc) is 3.31. The fourth-order valence-electron chi connectivity index (χ4n) is 3.69. The molecule has 172 valence electrons. The molecule has 4 atom stereocenters. The van der Waals surface area contributed by atoms with E-state index >= 15 is 0 Å². The van der Waals surface area contributed by atoms with E-state index in [1.165, 1.54) is 0 Å². The van der Waals surface area contributed by atoms with Gasteiger partial charge in [-0.1, -0.05) is 6.92 Å². The summed E-state index contributed by atoms with van der Waals surface area (Å²) in [6.07, 6.45) is 3.07. The number of aromatic nitrogens is 4. The normalized spacial score (nSPS) is 26.3. The Kier molecular flexibility index (Phi) is 5.86. The van der Waals surface area contributed by atoms with Gasteiger partial charge >= 0.3 is 15.6 Å². The Labute approximate surface area is 177 Å². The number of nitrogen functional groups attached to an aromatic ring is 1. The maximum atomic E-state index is 11.7. The number of fused-ring (bicyclic) bond motifs is 1. The van der Waals surface area contributed by atoms with Gasteiger partial charge in [0.25, 0.3) is 0 Å². The molecule has 5 N–H and O–H groups in total. The lowest BCUT2D eigenvalue weighted by Gasteiger charge is -2.20. The number of hydrogen-bond donors (Lipinski definition) is 4. The zero-order chi connectivity index (χ0) is 22.6. The third kappa shape index (κ3) is 5.07. The lowest BCUT2D eigenvalue weighted by atomic mass is 10.1. The quantitative estimate of drug-likeness (QED) is 0.395. The predicted molar refractivity (Wildman–Crippen MR) is 108 cm³/mol. The van der Waals surface area contributed by atoms with Crippen LogP contribution in [0.25, 0.3) is 11.2 Å². The summed E-state index contributed by atoms with van der Waals surface area (Å²) in [5, 5.41) is 0. The van der Waals surface area contributed by atoms with Gasteiger partial charge < -0.3 is 30.1 Å². The number of imidazole rings is 1. The van der Waals surface area contributed by atoms with Gasteiger partial charge in [-0.25, -0.2) is 14.1 Å². The fraction of sp³-hybridized carbons (Fsp3) is 0.667. The summed E-state index contributed by atoms with van der Waals surface area (Å²) in [6.45, 7) is 1.52. The molecule has 1 saturated heterocycles. The molecule has 4 rings (SSSR count). The van der Waals surface area contributed by atoms with E-state index in [2.05, 4.69) is 23.8 Å². The lowest BCUT2D eigenvalue weighted by molar-refractivity contribution is -0.0290. The van der Waals surface area contributed by atoms with Crippen molar-refractivity contribution >= 4 is 38.6 Å². The van der Waals surface area contributed by atoms with Crippen LogP contribution in [0.15, 0.2) is 6.33 Å².